The molecule has 5 aromatic heterocycles. The van der Waals surface area contributed by atoms with Crippen LogP contribution in [0.5, 0.6) is 0 Å². The molecule has 2 aliphatic rings. The Labute approximate surface area is 209 Å². The highest BCUT2D eigenvalue weighted by Crippen LogP contribution is 2.32. The number of fused-ring (bicyclic) bond motifs is 2. The van der Waals surface area contributed by atoms with E-state index in [1.165, 1.54) is 50.8 Å². The highest BCUT2D eigenvalue weighted by Gasteiger charge is 2.20. The topological polar surface area (TPSA) is 103 Å². The van der Waals surface area contributed by atoms with Crippen LogP contribution in [-0.4, -0.2) is 66.2 Å². The molecular formula is C27H29N9. The number of likely N-dealkylation sites (tertiary alicyclic amines) is 1. The maximum Gasteiger partial charge on any atom is 0.161 e. The van der Waals surface area contributed by atoms with Gasteiger partial charge in [-0.05, 0) is 69.0 Å². The monoisotopic (exact) mass is 479 g/mol. The van der Waals surface area contributed by atoms with Crippen LogP contribution in [0, 0.1) is 0 Å². The second kappa shape index (κ2) is 8.98. The standard InChI is InChI=1S/C27H29N9/c1-2-10-36(11-3-1)22-6-7-29-26-24(22)31-27(32-26)23-21-13-20(16-30-25(21)34-33-23)19-12-18(14-28-15-19)17-35-8-4-5-9-35/h6-7,12-16H,1-5,8-11,17H2,(H,29,31,32)(H,30,33,34). The number of rotatable bonds is 5. The lowest BCUT2D eigenvalue weighted by Gasteiger charge is -2.28. The Morgan fingerprint density at radius 2 is 1.67 bits per heavy atom. The average Bonchev–Trinajstić information content (AvgIpc) is 3.68. The van der Waals surface area contributed by atoms with E-state index in [-0.39, 0.29) is 0 Å². The number of nitrogens with zero attached hydrogens (tertiary/aromatic N) is 7. The van der Waals surface area contributed by atoms with Crippen molar-refractivity contribution in [3.8, 4) is 22.6 Å². The Balaban J connectivity index is 1.25. The summed E-state index contributed by atoms with van der Waals surface area (Å²) in [7, 11) is 0. The van der Waals surface area contributed by atoms with Crippen LogP contribution in [0.15, 0.2) is 43.0 Å². The fourth-order valence-electron chi connectivity index (χ4n) is 5.57. The van der Waals surface area contributed by atoms with E-state index in [1.807, 2.05) is 24.8 Å². The van der Waals surface area contributed by atoms with Crippen LogP contribution in [-0.2, 0) is 6.54 Å². The van der Waals surface area contributed by atoms with E-state index in [1.54, 1.807) is 0 Å². The van der Waals surface area contributed by atoms with Gasteiger partial charge in [0.05, 0.1) is 11.1 Å². The molecule has 0 amide bonds. The van der Waals surface area contributed by atoms with E-state index < -0.39 is 0 Å². The molecular weight excluding hydrogens is 450 g/mol. The normalized spacial score (nSPS) is 16.9. The minimum Gasteiger partial charge on any atom is -0.370 e. The molecule has 9 heteroatoms. The number of pyridine rings is 3. The zero-order valence-electron chi connectivity index (χ0n) is 20.2. The lowest BCUT2D eigenvalue weighted by molar-refractivity contribution is 0.331. The minimum atomic E-state index is 0.702. The fourth-order valence-corrected chi connectivity index (χ4v) is 5.57. The summed E-state index contributed by atoms with van der Waals surface area (Å²) in [6.45, 7) is 5.40. The van der Waals surface area contributed by atoms with Gasteiger partial charge in [-0.2, -0.15) is 5.10 Å². The predicted octanol–water partition coefficient (Wildman–Crippen LogP) is 4.54. The summed E-state index contributed by atoms with van der Waals surface area (Å²) < 4.78 is 0. The largest absolute Gasteiger partial charge is 0.370 e. The van der Waals surface area contributed by atoms with Gasteiger partial charge < -0.3 is 9.88 Å². The lowest BCUT2D eigenvalue weighted by atomic mass is 10.1. The van der Waals surface area contributed by atoms with Crippen LogP contribution in [0.4, 0.5) is 5.69 Å². The first-order valence-corrected chi connectivity index (χ1v) is 12.9. The number of hydrogen-bond donors (Lipinski definition) is 2. The molecule has 5 aromatic rings. The molecule has 2 saturated heterocycles. The van der Waals surface area contributed by atoms with E-state index in [0.29, 0.717) is 5.82 Å². The van der Waals surface area contributed by atoms with E-state index in [0.717, 1.165) is 64.3 Å². The smallest absolute Gasteiger partial charge is 0.161 e. The molecule has 0 aromatic carbocycles. The SMILES string of the molecule is c1cc(N2CCCCC2)c2nc(-c3n[nH]c4ncc(-c5cncc(CN6CCCC6)c5)cc34)[nH]c2n1. The number of anilines is 1. The van der Waals surface area contributed by atoms with Crippen LogP contribution in [0.25, 0.3) is 44.8 Å². The average molecular weight is 480 g/mol. The Morgan fingerprint density at radius 1 is 0.833 bits per heavy atom. The maximum absolute atomic E-state index is 4.97. The zero-order chi connectivity index (χ0) is 23.9. The molecule has 0 atom stereocenters. The molecule has 2 fully saturated rings. The third-order valence-electron chi connectivity index (χ3n) is 7.43. The molecule has 2 N–H and O–H groups in total. The molecule has 0 saturated carbocycles. The van der Waals surface area contributed by atoms with Crippen molar-refractivity contribution in [3.63, 3.8) is 0 Å². The van der Waals surface area contributed by atoms with E-state index in [9.17, 15) is 0 Å². The van der Waals surface area contributed by atoms with Gasteiger partial charge in [0.1, 0.15) is 11.2 Å². The van der Waals surface area contributed by atoms with Gasteiger partial charge in [-0.1, -0.05) is 0 Å². The summed E-state index contributed by atoms with van der Waals surface area (Å²) >= 11 is 0. The second-order valence-electron chi connectivity index (χ2n) is 9.92. The van der Waals surface area contributed by atoms with Crippen molar-refractivity contribution in [2.75, 3.05) is 31.1 Å². The number of imidazole rings is 1. The van der Waals surface area contributed by atoms with Crippen LogP contribution in [0.2, 0.25) is 0 Å². The van der Waals surface area contributed by atoms with Crippen molar-refractivity contribution >= 4 is 27.9 Å². The van der Waals surface area contributed by atoms with E-state index >= 15 is 0 Å². The lowest BCUT2D eigenvalue weighted by Crippen LogP contribution is -2.29. The second-order valence-corrected chi connectivity index (χ2v) is 9.92. The number of hydrogen-bond acceptors (Lipinski definition) is 7. The fraction of sp³-hybridized carbons (Fsp3) is 0.370. The van der Waals surface area contributed by atoms with Gasteiger partial charge in [0.15, 0.2) is 17.1 Å². The molecule has 0 aliphatic carbocycles. The number of aromatic nitrogens is 7. The summed E-state index contributed by atoms with van der Waals surface area (Å²) in [4.78, 5) is 27.0. The number of H-pyrrole nitrogens is 2. The highest BCUT2D eigenvalue weighted by molar-refractivity contribution is 5.95. The van der Waals surface area contributed by atoms with Gasteiger partial charge in [0.2, 0.25) is 0 Å². The molecule has 2 aliphatic heterocycles. The Hall–Kier alpha value is -3.85. The predicted molar refractivity (Wildman–Crippen MR) is 141 cm³/mol. The van der Waals surface area contributed by atoms with Crippen molar-refractivity contribution in [1.82, 2.24) is 40.0 Å². The summed E-state index contributed by atoms with van der Waals surface area (Å²) in [5.41, 5.74) is 7.62. The van der Waals surface area contributed by atoms with Crippen LogP contribution < -0.4 is 4.90 Å². The quantitative estimate of drug-likeness (QED) is 0.381. The Bertz CT molecular complexity index is 1520. The van der Waals surface area contributed by atoms with Gasteiger partial charge in [0.25, 0.3) is 0 Å². The number of piperidine rings is 1. The molecule has 182 valence electrons. The van der Waals surface area contributed by atoms with E-state index in [4.69, 9.17) is 4.98 Å². The summed E-state index contributed by atoms with van der Waals surface area (Å²) in [6.07, 6.45) is 13.9. The van der Waals surface area contributed by atoms with Gasteiger partial charge in [0, 0.05) is 55.5 Å². The first-order chi connectivity index (χ1) is 17.8. The number of nitrogens with one attached hydrogen (secondary N) is 2. The minimum absolute atomic E-state index is 0.702. The highest BCUT2D eigenvalue weighted by atomic mass is 15.2. The van der Waals surface area contributed by atoms with Crippen LogP contribution >= 0.6 is 0 Å². The summed E-state index contributed by atoms with van der Waals surface area (Å²) in [5, 5.41) is 8.58. The molecule has 9 nitrogen and oxygen atoms in total. The van der Waals surface area contributed by atoms with Gasteiger partial charge >= 0.3 is 0 Å². The molecule has 0 unspecified atom stereocenters. The molecule has 7 heterocycles. The first kappa shape index (κ1) is 21.4. The van der Waals surface area contributed by atoms with Crippen molar-refractivity contribution in [3.05, 3.63) is 48.5 Å². The van der Waals surface area contributed by atoms with Gasteiger partial charge in [-0.15, -0.1) is 0 Å². The van der Waals surface area contributed by atoms with Gasteiger partial charge in [-0.25, -0.2) is 15.0 Å². The molecule has 0 radical (unpaired) electrons. The van der Waals surface area contributed by atoms with Crippen molar-refractivity contribution in [2.24, 2.45) is 0 Å². The van der Waals surface area contributed by atoms with Crippen LogP contribution in [0.1, 0.15) is 37.7 Å². The van der Waals surface area contributed by atoms with Crippen molar-refractivity contribution in [2.45, 2.75) is 38.6 Å². The summed E-state index contributed by atoms with van der Waals surface area (Å²) in [5.74, 6) is 0.702. The maximum atomic E-state index is 4.97. The zero-order valence-corrected chi connectivity index (χ0v) is 20.2. The molecule has 0 spiro atoms. The Morgan fingerprint density at radius 3 is 2.56 bits per heavy atom. The van der Waals surface area contributed by atoms with Crippen molar-refractivity contribution < 1.29 is 0 Å². The molecule has 7 rings (SSSR count). The van der Waals surface area contributed by atoms with Gasteiger partial charge in [-0.3, -0.25) is 15.0 Å². The Kier molecular flexibility index (Phi) is 5.35. The van der Waals surface area contributed by atoms with Crippen molar-refractivity contribution in [1.29, 1.82) is 0 Å². The third kappa shape index (κ3) is 3.89. The summed E-state index contributed by atoms with van der Waals surface area (Å²) in [6, 6.07) is 6.43. The third-order valence-corrected chi connectivity index (χ3v) is 7.43. The van der Waals surface area contributed by atoms with Crippen LogP contribution in [0.3, 0.4) is 0 Å². The van der Waals surface area contributed by atoms with E-state index in [2.05, 4.69) is 58.1 Å². The first-order valence-electron chi connectivity index (χ1n) is 12.9. The molecule has 36 heavy (non-hydrogen) atoms. The number of aromatic amines is 2. The molecule has 0 bridgehead atoms.